The van der Waals surface area contributed by atoms with Gasteiger partial charge in [0.25, 0.3) is 5.91 Å². The van der Waals surface area contributed by atoms with E-state index in [0.717, 1.165) is 50.4 Å². The Bertz CT molecular complexity index is 1450. The summed E-state index contributed by atoms with van der Waals surface area (Å²) >= 11 is 3.47. The number of aromatic nitrogens is 1. The van der Waals surface area contributed by atoms with Crippen molar-refractivity contribution in [2.24, 2.45) is 16.7 Å². The first-order chi connectivity index (χ1) is 20.1. The van der Waals surface area contributed by atoms with Crippen LogP contribution in [0.5, 0.6) is 5.75 Å². The number of fused-ring (bicyclic) bond motifs is 1. The van der Waals surface area contributed by atoms with Gasteiger partial charge in [-0.3, -0.25) is 9.69 Å². The lowest BCUT2D eigenvalue weighted by molar-refractivity contribution is -0.199. The van der Waals surface area contributed by atoms with Crippen LogP contribution in [0.3, 0.4) is 0 Å². The molecule has 0 spiro atoms. The highest BCUT2D eigenvalue weighted by Gasteiger charge is 2.67. The average molecular weight is 631 g/mol. The molecule has 7 nitrogen and oxygen atoms in total. The molecule has 3 fully saturated rings. The molecule has 3 heterocycles. The van der Waals surface area contributed by atoms with Crippen LogP contribution in [0.25, 0.3) is 0 Å². The molecule has 6 rings (SSSR count). The zero-order chi connectivity index (χ0) is 29.6. The number of piperazine rings is 1. The van der Waals surface area contributed by atoms with E-state index < -0.39 is 0 Å². The van der Waals surface area contributed by atoms with Crippen LogP contribution >= 0.6 is 15.9 Å². The van der Waals surface area contributed by atoms with Crippen LogP contribution in [-0.2, 0) is 6.54 Å². The number of hydrogen-bond donors (Lipinski definition) is 1. The Morgan fingerprint density at radius 1 is 1.05 bits per heavy atom. The van der Waals surface area contributed by atoms with E-state index in [0.29, 0.717) is 39.9 Å². The predicted octanol–water partition coefficient (Wildman–Crippen LogP) is 5.37. The van der Waals surface area contributed by atoms with E-state index in [4.69, 9.17) is 9.72 Å². The van der Waals surface area contributed by atoms with Crippen molar-refractivity contribution in [3.63, 3.8) is 0 Å². The number of halogens is 1. The molecular weight excluding hydrogens is 590 g/mol. The Labute approximate surface area is 258 Å². The first kappa shape index (κ1) is 29.2. The molecule has 1 aromatic carbocycles. The van der Waals surface area contributed by atoms with Crippen molar-refractivity contribution in [1.29, 1.82) is 5.26 Å². The molecule has 1 aromatic heterocycles. The van der Waals surface area contributed by atoms with Crippen molar-refractivity contribution in [2.75, 3.05) is 26.2 Å². The largest absolute Gasteiger partial charge is 0.489 e. The molecule has 2 saturated carbocycles. The van der Waals surface area contributed by atoms with Gasteiger partial charge in [-0.05, 0) is 77.9 Å². The predicted molar refractivity (Wildman–Crippen MR) is 166 cm³/mol. The summed E-state index contributed by atoms with van der Waals surface area (Å²) in [6, 6.07) is 12.1. The first-order valence-corrected chi connectivity index (χ1v) is 16.0. The van der Waals surface area contributed by atoms with Crippen molar-refractivity contribution in [1.82, 2.24) is 20.1 Å². The van der Waals surface area contributed by atoms with Gasteiger partial charge in [0.05, 0.1) is 23.4 Å². The van der Waals surface area contributed by atoms with E-state index in [1.165, 1.54) is 12.8 Å². The summed E-state index contributed by atoms with van der Waals surface area (Å²) in [7, 11) is 0. The van der Waals surface area contributed by atoms with Gasteiger partial charge in [0, 0.05) is 59.5 Å². The second kappa shape index (κ2) is 11.3. The van der Waals surface area contributed by atoms with E-state index in [2.05, 4.69) is 71.8 Å². The molecule has 220 valence electrons. The van der Waals surface area contributed by atoms with Gasteiger partial charge in [-0.15, -0.1) is 0 Å². The van der Waals surface area contributed by atoms with E-state index in [1.54, 1.807) is 6.07 Å². The molecule has 0 unspecified atom stereocenters. The number of carbonyl (C=O) groups excluding carboxylic acids is 1. The average Bonchev–Trinajstić information content (AvgIpc) is 3.29. The smallest absolute Gasteiger partial charge is 0.256 e. The highest BCUT2D eigenvalue weighted by molar-refractivity contribution is 9.10. The lowest BCUT2D eigenvalue weighted by atomic mass is 9.49. The summed E-state index contributed by atoms with van der Waals surface area (Å²) in [5, 5.41) is 12.7. The van der Waals surface area contributed by atoms with Crippen LogP contribution < -0.4 is 10.1 Å². The molecule has 1 N–H and O–H groups in total. The minimum atomic E-state index is -0.284. The fraction of sp³-hybridized carbons (Fsp3) is 0.559. The number of nitrogens with zero attached hydrogens (tertiary/aromatic N) is 4. The van der Waals surface area contributed by atoms with Gasteiger partial charge in [-0.1, -0.05) is 33.6 Å². The van der Waals surface area contributed by atoms with Gasteiger partial charge in [-0.25, -0.2) is 4.98 Å². The molecule has 0 radical (unpaired) electrons. The Morgan fingerprint density at radius 2 is 1.76 bits per heavy atom. The van der Waals surface area contributed by atoms with Gasteiger partial charge in [0.2, 0.25) is 0 Å². The molecule has 2 aliphatic heterocycles. The summed E-state index contributed by atoms with van der Waals surface area (Å²) in [6.07, 6.45) is 4.63. The Kier molecular flexibility index (Phi) is 7.85. The quantitative estimate of drug-likeness (QED) is 0.458. The molecule has 1 saturated heterocycles. The lowest BCUT2D eigenvalue weighted by Crippen LogP contribution is -2.74. The van der Waals surface area contributed by atoms with Gasteiger partial charge < -0.3 is 15.0 Å². The fourth-order valence-corrected chi connectivity index (χ4v) is 8.75. The van der Waals surface area contributed by atoms with E-state index in [9.17, 15) is 10.1 Å². The summed E-state index contributed by atoms with van der Waals surface area (Å²) in [5.74, 6) is 8.02. The van der Waals surface area contributed by atoms with Crippen LogP contribution in [0.15, 0.2) is 34.8 Å². The third-order valence-electron chi connectivity index (χ3n) is 9.94. The summed E-state index contributed by atoms with van der Waals surface area (Å²) in [4.78, 5) is 23.1. The molecule has 1 amide bonds. The third-order valence-corrected chi connectivity index (χ3v) is 10.6. The molecule has 2 aliphatic carbocycles. The molecule has 42 heavy (non-hydrogen) atoms. The maximum absolute atomic E-state index is 13.6. The number of nitrogens with one attached hydrogen (secondary N) is 1. The number of ether oxygens (including phenoxy) is 1. The highest BCUT2D eigenvalue weighted by Crippen LogP contribution is 2.59. The van der Waals surface area contributed by atoms with Gasteiger partial charge in [-0.2, -0.15) is 5.26 Å². The summed E-state index contributed by atoms with van der Waals surface area (Å²) in [5.41, 5.74) is 2.27. The zero-order valence-corrected chi connectivity index (χ0v) is 26.6. The van der Waals surface area contributed by atoms with Gasteiger partial charge >= 0.3 is 0 Å². The van der Waals surface area contributed by atoms with Crippen molar-refractivity contribution in [3.8, 4) is 23.7 Å². The maximum Gasteiger partial charge on any atom is 0.256 e. The maximum atomic E-state index is 13.6. The fourth-order valence-electron chi connectivity index (χ4n) is 8.30. The Balaban J connectivity index is 1.11. The van der Waals surface area contributed by atoms with Crippen LogP contribution in [0, 0.1) is 39.9 Å². The van der Waals surface area contributed by atoms with Crippen LogP contribution in [0.4, 0.5) is 0 Å². The standard InChI is InChI=1S/C34H40BrN5O2/c1-33(2)31(34(3,4)32(33)42-26-13-8-23(20-36)28(35)19-26)40-21-29-27(30(40)41)14-10-24(38-29)9-5-22-6-11-25(12-7-22)39-17-15-37-16-18-39/h8,10,13-14,19,22,25,31-32,37H,6-7,11-12,15-18,21H2,1-4H3. The number of nitriles is 1. The minimum absolute atomic E-state index is 0.0149. The molecule has 4 aliphatic rings. The van der Waals surface area contributed by atoms with Crippen molar-refractivity contribution in [3.05, 3.63) is 57.3 Å². The monoisotopic (exact) mass is 629 g/mol. The van der Waals surface area contributed by atoms with E-state index in [-0.39, 0.29) is 28.9 Å². The number of hydrogen-bond acceptors (Lipinski definition) is 6. The number of carbonyl (C=O) groups is 1. The molecule has 2 aromatic rings. The Hall–Kier alpha value is -2.91. The number of benzene rings is 1. The SMILES string of the molecule is CC1(C)C(Oc2ccc(C#N)c(Br)c2)C(C)(C)C1N1Cc2nc(C#CC3CCC(N4CCNCC4)CC3)ccc2C1=O. The second-order valence-electron chi connectivity index (χ2n) is 13.5. The zero-order valence-electron chi connectivity index (χ0n) is 25.0. The second-order valence-corrected chi connectivity index (χ2v) is 14.3. The third kappa shape index (κ3) is 5.23. The molecular formula is C34H40BrN5O2. The van der Waals surface area contributed by atoms with Crippen molar-refractivity contribution >= 4 is 21.8 Å². The number of pyridine rings is 1. The first-order valence-electron chi connectivity index (χ1n) is 15.2. The van der Waals surface area contributed by atoms with Crippen LogP contribution in [0.1, 0.15) is 80.7 Å². The molecule has 8 heteroatoms. The van der Waals surface area contributed by atoms with Crippen LogP contribution in [-0.4, -0.2) is 65.1 Å². The van der Waals surface area contributed by atoms with Gasteiger partial charge in [0.1, 0.15) is 23.6 Å². The lowest BCUT2D eigenvalue weighted by Gasteiger charge is -2.65. The topological polar surface area (TPSA) is 81.5 Å². The van der Waals surface area contributed by atoms with Gasteiger partial charge in [0.15, 0.2) is 0 Å². The summed E-state index contributed by atoms with van der Waals surface area (Å²) in [6.45, 7) is 13.7. The van der Waals surface area contributed by atoms with Crippen LogP contribution in [0.2, 0.25) is 0 Å². The number of amides is 1. The van der Waals surface area contributed by atoms with Crippen molar-refractivity contribution < 1.29 is 9.53 Å². The molecule has 0 atom stereocenters. The Morgan fingerprint density at radius 3 is 2.43 bits per heavy atom. The normalized spacial score (nSPS) is 28.2. The molecule has 0 bridgehead atoms. The highest BCUT2D eigenvalue weighted by atomic mass is 79.9. The van der Waals surface area contributed by atoms with E-state index >= 15 is 0 Å². The number of rotatable bonds is 4. The summed E-state index contributed by atoms with van der Waals surface area (Å²) < 4.78 is 7.21. The minimum Gasteiger partial charge on any atom is -0.489 e. The van der Waals surface area contributed by atoms with Crippen molar-refractivity contribution in [2.45, 2.75) is 78.1 Å². The van der Waals surface area contributed by atoms with E-state index in [1.807, 2.05) is 29.2 Å².